The van der Waals surface area contributed by atoms with E-state index < -0.39 is 0 Å². The molecule has 0 saturated heterocycles. The van der Waals surface area contributed by atoms with E-state index in [2.05, 4.69) is 31.2 Å². The first kappa shape index (κ1) is 15.0. The molecule has 2 unspecified atom stereocenters. The average molecular weight is 274 g/mol. The molecule has 1 aliphatic rings. The van der Waals surface area contributed by atoms with Gasteiger partial charge in [0, 0.05) is 19.6 Å². The maximum atomic E-state index is 12.5. The third kappa shape index (κ3) is 3.60. The van der Waals surface area contributed by atoms with Crippen LogP contribution in [0.5, 0.6) is 0 Å². The van der Waals surface area contributed by atoms with E-state index >= 15 is 0 Å². The Kier molecular flexibility index (Phi) is 5.18. The Morgan fingerprint density at radius 1 is 1.20 bits per heavy atom. The monoisotopic (exact) mass is 274 g/mol. The van der Waals surface area contributed by atoms with Crippen molar-refractivity contribution < 1.29 is 4.79 Å². The van der Waals surface area contributed by atoms with Gasteiger partial charge in [-0.1, -0.05) is 44.0 Å². The van der Waals surface area contributed by atoms with Crippen molar-refractivity contribution >= 4 is 5.91 Å². The van der Waals surface area contributed by atoms with Crippen LogP contribution < -0.4 is 5.73 Å². The zero-order valence-corrected chi connectivity index (χ0v) is 12.6. The molecule has 0 aliphatic heterocycles. The molecule has 0 aromatic heterocycles. The van der Waals surface area contributed by atoms with Crippen molar-refractivity contribution in [3.63, 3.8) is 0 Å². The Hall–Kier alpha value is -1.35. The summed E-state index contributed by atoms with van der Waals surface area (Å²) < 4.78 is 0. The smallest absolute Gasteiger partial charge is 0.227 e. The van der Waals surface area contributed by atoms with E-state index in [1.807, 2.05) is 11.9 Å². The zero-order valence-electron chi connectivity index (χ0n) is 12.6. The number of nitrogens with zero attached hydrogens (tertiary/aromatic N) is 1. The van der Waals surface area contributed by atoms with Crippen LogP contribution in [0.25, 0.3) is 0 Å². The summed E-state index contributed by atoms with van der Waals surface area (Å²) in [4.78, 5) is 14.3. The number of amides is 1. The average Bonchev–Trinajstić information content (AvgIpc) is 2.48. The summed E-state index contributed by atoms with van der Waals surface area (Å²) in [6.45, 7) is 2.82. The number of carbonyl (C=O) groups excluding carboxylic acids is 1. The minimum atomic E-state index is 0.0173. The van der Waals surface area contributed by atoms with Gasteiger partial charge in [0.1, 0.15) is 0 Å². The lowest BCUT2D eigenvalue weighted by molar-refractivity contribution is -0.136. The molecule has 0 spiro atoms. The zero-order chi connectivity index (χ0) is 14.5. The van der Waals surface area contributed by atoms with Crippen molar-refractivity contribution in [2.24, 2.45) is 11.7 Å². The quantitative estimate of drug-likeness (QED) is 0.917. The minimum absolute atomic E-state index is 0.0173. The van der Waals surface area contributed by atoms with Crippen LogP contribution in [0, 0.1) is 5.92 Å². The number of rotatable bonds is 4. The molecule has 1 aliphatic carbocycles. The molecule has 1 fully saturated rings. The molecule has 0 heterocycles. The number of carbonyl (C=O) groups is 1. The van der Waals surface area contributed by atoms with Crippen LogP contribution in [0.2, 0.25) is 0 Å². The second-order valence-corrected chi connectivity index (χ2v) is 5.92. The third-order valence-corrected chi connectivity index (χ3v) is 4.36. The van der Waals surface area contributed by atoms with Crippen molar-refractivity contribution in [1.29, 1.82) is 0 Å². The number of nitrogens with two attached hydrogens (primary N) is 1. The highest BCUT2D eigenvalue weighted by atomic mass is 16.2. The van der Waals surface area contributed by atoms with Crippen LogP contribution in [-0.4, -0.2) is 23.9 Å². The van der Waals surface area contributed by atoms with E-state index in [1.165, 1.54) is 11.1 Å². The molecule has 1 saturated carbocycles. The standard InChI is InChI=1S/C17H26N2O/c1-3-13-8-10-14(11-9-13)12-19(2)17(20)15-6-4-5-7-16(15)18/h8-11,15-16H,3-7,12,18H2,1-2H3. The number of hydrogen-bond acceptors (Lipinski definition) is 2. The van der Waals surface area contributed by atoms with Gasteiger partial charge >= 0.3 is 0 Å². The summed E-state index contributed by atoms with van der Waals surface area (Å²) in [5.74, 6) is 0.223. The van der Waals surface area contributed by atoms with Crippen molar-refractivity contribution in [2.45, 2.75) is 51.6 Å². The Balaban J connectivity index is 1.95. The summed E-state index contributed by atoms with van der Waals surface area (Å²) in [6, 6.07) is 8.55. The molecule has 1 aromatic carbocycles. The second kappa shape index (κ2) is 6.89. The van der Waals surface area contributed by atoms with Gasteiger partial charge < -0.3 is 10.6 Å². The Morgan fingerprint density at radius 3 is 2.40 bits per heavy atom. The molecule has 0 bridgehead atoms. The summed E-state index contributed by atoms with van der Waals surface area (Å²) >= 11 is 0. The van der Waals surface area contributed by atoms with Gasteiger partial charge in [-0.15, -0.1) is 0 Å². The van der Waals surface area contributed by atoms with Crippen molar-refractivity contribution in [3.8, 4) is 0 Å². The van der Waals surface area contributed by atoms with Crippen molar-refractivity contribution in [1.82, 2.24) is 4.90 Å². The highest BCUT2D eigenvalue weighted by molar-refractivity contribution is 5.79. The second-order valence-electron chi connectivity index (χ2n) is 5.92. The van der Waals surface area contributed by atoms with Crippen LogP contribution in [-0.2, 0) is 17.8 Å². The fourth-order valence-electron chi connectivity index (χ4n) is 2.98. The van der Waals surface area contributed by atoms with Crippen LogP contribution >= 0.6 is 0 Å². The molecule has 2 atom stereocenters. The maximum Gasteiger partial charge on any atom is 0.227 e. The Morgan fingerprint density at radius 2 is 1.80 bits per heavy atom. The van der Waals surface area contributed by atoms with Gasteiger partial charge in [0.25, 0.3) is 0 Å². The van der Waals surface area contributed by atoms with Crippen molar-refractivity contribution in [2.75, 3.05) is 7.05 Å². The third-order valence-electron chi connectivity index (χ3n) is 4.36. The van der Waals surface area contributed by atoms with E-state index in [0.717, 1.165) is 32.1 Å². The van der Waals surface area contributed by atoms with Gasteiger partial charge in [0.15, 0.2) is 0 Å². The summed E-state index contributed by atoms with van der Waals surface area (Å²) in [5.41, 5.74) is 8.61. The van der Waals surface area contributed by atoms with E-state index in [0.29, 0.717) is 6.54 Å². The Labute approximate surface area is 122 Å². The van der Waals surface area contributed by atoms with Gasteiger partial charge in [-0.3, -0.25) is 4.79 Å². The molecule has 110 valence electrons. The molecular formula is C17H26N2O. The number of benzene rings is 1. The fraction of sp³-hybridized carbons (Fsp3) is 0.588. The molecule has 20 heavy (non-hydrogen) atoms. The van der Waals surface area contributed by atoms with E-state index in [-0.39, 0.29) is 17.9 Å². The van der Waals surface area contributed by atoms with Crippen LogP contribution in [0.4, 0.5) is 0 Å². The Bertz CT molecular complexity index is 441. The molecule has 0 radical (unpaired) electrons. The van der Waals surface area contributed by atoms with E-state index in [4.69, 9.17) is 5.73 Å². The highest BCUT2D eigenvalue weighted by Gasteiger charge is 2.30. The van der Waals surface area contributed by atoms with E-state index in [9.17, 15) is 4.79 Å². The van der Waals surface area contributed by atoms with Gasteiger partial charge in [-0.05, 0) is 30.4 Å². The molecule has 3 nitrogen and oxygen atoms in total. The molecule has 2 N–H and O–H groups in total. The molecule has 1 amide bonds. The maximum absolute atomic E-state index is 12.5. The normalized spacial score (nSPS) is 22.6. The first-order chi connectivity index (χ1) is 9.61. The molecule has 1 aromatic rings. The lowest BCUT2D eigenvalue weighted by Gasteiger charge is -2.31. The summed E-state index contributed by atoms with van der Waals surface area (Å²) in [5, 5.41) is 0. The van der Waals surface area contributed by atoms with Crippen LogP contribution in [0.1, 0.15) is 43.7 Å². The van der Waals surface area contributed by atoms with Gasteiger partial charge in [-0.25, -0.2) is 0 Å². The van der Waals surface area contributed by atoms with Gasteiger partial charge in [0.2, 0.25) is 5.91 Å². The van der Waals surface area contributed by atoms with Crippen LogP contribution in [0.15, 0.2) is 24.3 Å². The van der Waals surface area contributed by atoms with Gasteiger partial charge in [-0.2, -0.15) is 0 Å². The van der Waals surface area contributed by atoms with E-state index in [1.54, 1.807) is 0 Å². The largest absolute Gasteiger partial charge is 0.341 e. The fourth-order valence-corrected chi connectivity index (χ4v) is 2.98. The van der Waals surface area contributed by atoms with Crippen molar-refractivity contribution in [3.05, 3.63) is 35.4 Å². The number of hydrogen-bond donors (Lipinski definition) is 1. The predicted octanol–water partition coefficient (Wildman–Crippen LogP) is 2.72. The summed E-state index contributed by atoms with van der Waals surface area (Å²) in [6.07, 6.45) is 5.26. The lowest BCUT2D eigenvalue weighted by Crippen LogP contribution is -2.44. The molecule has 2 rings (SSSR count). The topological polar surface area (TPSA) is 46.3 Å². The molecular weight excluding hydrogens is 248 g/mol. The first-order valence-corrected chi connectivity index (χ1v) is 7.70. The minimum Gasteiger partial charge on any atom is -0.341 e. The number of aryl methyl sites for hydroxylation is 1. The highest BCUT2D eigenvalue weighted by Crippen LogP contribution is 2.25. The SMILES string of the molecule is CCc1ccc(CN(C)C(=O)C2CCCCC2N)cc1. The first-order valence-electron chi connectivity index (χ1n) is 7.70. The summed E-state index contributed by atoms with van der Waals surface area (Å²) in [7, 11) is 1.89. The molecule has 3 heteroatoms. The van der Waals surface area contributed by atoms with Crippen LogP contribution in [0.3, 0.4) is 0 Å². The lowest BCUT2D eigenvalue weighted by atomic mass is 9.84. The predicted molar refractivity (Wildman–Crippen MR) is 82.2 cm³/mol. The van der Waals surface area contributed by atoms with Gasteiger partial charge in [0.05, 0.1) is 5.92 Å².